The van der Waals surface area contributed by atoms with Crippen molar-refractivity contribution >= 4 is 27.5 Å². The van der Waals surface area contributed by atoms with Gasteiger partial charge in [0.05, 0.1) is 18.1 Å². The largest absolute Gasteiger partial charge is 0.368 e. The molecule has 2 aliphatic heterocycles. The average molecular weight is 398 g/mol. The zero-order valence-corrected chi connectivity index (χ0v) is 15.7. The van der Waals surface area contributed by atoms with Gasteiger partial charge in [-0.2, -0.15) is 0 Å². The number of sulfone groups is 1. The van der Waals surface area contributed by atoms with Crippen LogP contribution in [0.4, 0.5) is 14.9 Å². The van der Waals surface area contributed by atoms with Gasteiger partial charge in [-0.1, -0.05) is 0 Å². The number of carbonyl (C=O) groups excluding carboxylic acids is 2. The first-order valence-electron chi connectivity index (χ1n) is 8.85. The molecule has 2 heterocycles. The molecule has 1 aromatic rings. The van der Waals surface area contributed by atoms with Crippen LogP contribution in [0.5, 0.6) is 0 Å². The molecule has 148 valence electrons. The molecular weight excluding hydrogens is 375 g/mol. The smallest absolute Gasteiger partial charge is 0.315 e. The van der Waals surface area contributed by atoms with Gasteiger partial charge in [-0.15, -0.1) is 0 Å². The van der Waals surface area contributed by atoms with Gasteiger partial charge < -0.3 is 20.4 Å². The molecule has 2 N–H and O–H groups in total. The van der Waals surface area contributed by atoms with Crippen molar-refractivity contribution < 1.29 is 22.4 Å². The third-order valence-corrected chi connectivity index (χ3v) is 6.56. The minimum Gasteiger partial charge on any atom is -0.368 e. The molecule has 2 saturated heterocycles. The van der Waals surface area contributed by atoms with Gasteiger partial charge in [0.25, 0.3) is 0 Å². The maximum absolute atomic E-state index is 13.0. The number of nitrogens with zero attached hydrogens (tertiary/aromatic N) is 2. The molecule has 0 spiro atoms. The first-order valence-corrected chi connectivity index (χ1v) is 10.7. The predicted octanol–water partition coefficient (Wildman–Crippen LogP) is -0.0394. The zero-order valence-electron chi connectivity index (χ0n) is 14.9. The maximum Gasteiger partial charge on any atom is 0.315 e. The van der Waals surface area contributed by atoms with Crippen LogP contribution in [0.1, 0.15) is 6.42 Å². The summed E-state index contributed by atoms with van der Waals surface area (Å²) in [6, 6.07) is 5.31. The summed E-state index contributed by atoms with van der Waals surface area (Å²) >= 11 is 0. The molecule has 2 fully saturated rings. The predicted molar refractivity (Wildman–Crippen MR) is 98.8 cm³/mol. The Labute approximate surface area is 157 Å². The van der Waals surface area contributed by atoms with Crippen LogP contribution >= 0.6 is 0 Å². The van der Waals surface area contributed by atoms with Crippen LogP contribution < -0.4 is 15.5 Å². The fourth-order valence-electron chi connectivity index (χ4n) is 3.28. The normalized spacial score (nSPS) is 21.7. The molecule has 0 saturated carbocycles. The standard InChI is InChI=1S/C17H23FN4O4S/c18-13-1-3-15(4-2-13)21-6-8-22(9-7-21)16(23)11-19-17(24)20-14-5-10-27(25,26)12-14/h1-4,14H,5-12H2,(H2,19,20,24)/t14-/m0/s1. The highest BCUT2D eigenvalue weighted by atomic mass is 32.2. The van der Waals surface area contributed by atoms with Crippen LogP contribution in [-0.2, 0) is 14.6 Å². The number of nitrogens with one attached hydrogen (secondary N) is 2. The Kier molecular flexibility index (Phi) is 5.83. The summed E-state index contributed by atoms with van der Waals surface area (Å²) in [6.07, 6.45) is 0.398. The third kappa shape index (κ3) is 5.31. The highest BCUT2D eigenvalue weighted by molar-refractivity contribution is 7.91. The first kappa shape index (κ1) is 19.4. The zero-order chi connectivity index (χ0) is 19.4. The van der Waals surface area contributed by atoms with E-state index in [-0.39, 0.29) is 29.8 Å². The fourth-order valence-corrected chi connectivity index (χ4v) is 4.95. The number of benzene rings is 1. The Bertz CT molecular complexity index is 792. The second-order valence-electron chi connectivity index (χ2n) is 6.77. The lowest BCUT2D eigenvalue weighted by Gasteiger charge is -2.36. The quantitative estimate of drug-likeness (QED) is 0.742. The van der Waals surface area contributed by atoms with Crippen molar-refractivity contribution in [2.24, 2.45) is 0 Å². The lowest BCUT2D eigenvalue weighted by Crippen LogP contribution is -2.52. The minimum atomic E-state index is -3.06. The lowest BCUT2D eigenvalue weighted by atomic mass is 10.2. The highest BCUT2D eigenvalue weighted by Crippen LogP contribution is 2.17. The molecule has 8 nitrogen and oxygen atoms in total. The van der Waals surface area contributed by atoms with Crippen molar-refractivity contribution in [2.75, 3.05) is 49.1 Å². The van der Waals surface area contributed by atoms with Crippen LogP contribution in [0.2, 0.25) is 0 Å². The molecule has 10 heteroatoms. The topological polar surface area (TPSA) is 98.8 Å². The summed E-state index contributed by atoms with van der Waals surface area (Å²) in [6.45, 7) is 2.15. The lowest BCUT2D eigenvalue weighted by molar-refractivity contribution is -0.130. The van der Waals surface area contributed by atoms with E-state index in [0.29, 0.717) is 32.6 Å². The van der Waals surface area contributed by atoms with E-state index in [0.717, 1.165) is 5.69 Å². The van der Waals surface area contributed by atoms with Crippen molar-refractivity contribution in [1.29, 1.82) is 0 Å². The Balaban J connectivity index is 1.39. The van der Waals surface area contributed by atoms with Crippen LogP contribution in [0.25, 0.3) is 0 Å². The molecule has 1 atom stereocenters. The summed E-state index contributed by atoms with van der Waals surface area (Å²) in [5.41, 5.74) is 0.910. The number of piperazine rings is 1. The van der Waals surface area contributed by atoms with Gasteiger partial charge in [0.2, 0.25) is 5.91 Å². The monoisotopic (exact) mass is 398 g/mol. The highest BCUT2D eigenvalue weighted by Gasteiger charge is 2.29. The van der Waals surface area contributed by atoms with Crippen LogP contribution in [0, 0.1) is 5.82 Å². The summed E-state index contributed by atoms with van der Waals surface area (Å²) in [5.74, 6) is -0.454. The van der Waals surface area contributed by atoms with E-state index in [2.05, 4.69) is 15.5 Å². The van der Waals surface area contributed by atoms with Gasteiger partial charge in [0.15, 0.2) is 9.84 Å². The van der Waals surface area contributed by atoms with Gasteiger partial charge in [-0.25, -0.2) is 17.6 Å². The van der Waals surface area contributed by atoms with Gasteiger partial charge in [0, 0.05) is 37.9 Å². The SMILES string of the molecule is O=C(NCC(=O)N1CCN(c2ccc(F)cc2)CC1)N[C@H]1CCS(=O)(=O)C1. The molecule has 27 heavy (non-hydrogen) atoms. The first-order chi connectivity index (χ1) is 12.8. The molecule has 0 radical (unpaired) electrons. The molecule has 3 amide bonds. The molecule has 3 rings (SSSR count). The number of hydrogen-bond acceptors (Lipinski definition) is 5. The second-order valence-corrected chi connectivity index (χ2v) is 9.00. The molecular formula is C17H23FN4O4S. The Morgan fingerprint density at radius 3 is 2.37 bits per heavy atom. The molecule has 0 bridgehead atoms. The van der Waals surface area contributed by atoms with Crippen LogP contribution in [-0.4, -0.2) is 75.5 Å². The number of halogens is 1. The molecule has 0 aromatic heterocycles. The molecule has 0 aliphatic carbocycles. The Morgan fingerprint density at radius 2 is 1.78 bits per heavy atom. The summed E-state index contributed by atoms with van der Waals surface area (Å²) in [4.78, 5) is 27.8. The van der Waals surface area contributed by atoms with Crippen molar-refractivity contribution in [1.82, 2.24) is 15.5 Å². The number of rotatable bonds is 4. The average Bonchev–Trinajstić information content (AvgIpc) is 2.99. The van der Waals surface area contributed by atoms with Crippen molar-refractivity contribution in [2.45, 2.75) is 12.5 Å². The Hall–Kier alpha value is -2.36. The van der Waals surface area contributed by atoms with E-state index in [1.54, 1.807) is 17.0 Å². The summed E-state index contributed by atoms with van der Waals surface area (Å²) in [7, 11) is -3.06. The van der Waals surface area contributed by atoms with E-state index < -0.39 is 21.9 Å². The van der Waals surface area contributed by atoms with E-state index in [4.69, 9.17) is 0 Å². The number of urea groups is 1. The van der Waals surface area contributed by atoms with E-state index in [9.17, 15) is 22.4 Å². The molecule has 1 aromatic carbocycles. The van der Waals surface area contributed by atoms with Crippen molar-refractivity contribution in [3.05, 3.63) is 30.1 Å². The van der Waals surface area contributed by atoms with Crippen molar-refractivity contribution in [3.8, 4) is 0 Å². The number of anilines is 1. The maximum atomic E-state index is 13.0. The Morgan fingerprint density at radius 1 is 1.11 bits per heavy atom. The van der Waals surface area contributed by atoms with Crippen LogP contribution in [0.3, 0.4) is 0 Å². The van der Waals surface area contributed by atoms with Gasteiger partial charge in [-0.3, -0.25) is 4.79 Å². The fraction of sp³-hybridized carbons (Fsp3) is 0.529. The number of carbonyl (C=O) groups is 2. The van der Waals surface area contributed by atoms with Crippen LogP contribution in [0.15, 0.2) is 24.3 Å². The summed E-state index contributed by atoms with van der Waals surface area (Å²) in [5, 5.41) is 5.08. The number of hydrogen-bond donors (Lipinski definition) is 2. The number of amides is 3. The molecule has 2 aliphatic rings. The van der Waals surface area contributed by atoms with Crippen molar-refractivity contribution in [3.63, 3.8) is 0 Å². The second kappa shape index (κ2) is 8.12. The van der Waals surface area contributed by atoms with Gasteiger partial charge in [-0.05, 0) is 30.7 Å². The van der Waals surface area contributed by atoms with E-state index in [1.165, 1.54) is 12.1 Å². The van der Waals surface area contributed by atoms with Gasteiger partial charge >= 0.3 is 6.03 Å². The minimum absolute atomic E-state index is 0.0558. The van der Waals surface area contributed by atoms with E-state index in [1.807, 2.05) is 0 Å². The third-order valence-electron chi connectivity index (χ3n) is 4.79. The van der Waals surface area contributed by atoms with E-state index >= 15 is 0 Å². The molecule has 0 unspecified atom stereocenters. The summed E-state index contributed by atoms with van der Waals surface area (Å²) < 4.78 is 35.8. The van der Waals surface area contributed by atoms with Gasteiger partial charge in [0.1, 0.15) is 5.82 Å².